The van der Waals surface area contributed by atoms with E-state index in [-0.39, 0.29) is 31.1 Å². The van der Waals surface area contributed by atoms with Crippen LogP contribution in [0.1, 0.15) is 303 Å². The van der Waals surface area contributed by atoms with Gasteiger partial charge in [0, 0.05) is 19.3 Å². The zero-order valence-electron chi connectivity index (χ0n) is 47.0. The number of allylic oxidation sites excluding steroid dienone is 12. The van der Waals surface area contributed by atoms with E-state index in [0.717, 1.165) is 96.3 Å². The zero-order valence-corrected chi connectivity index (χ0v) is 47.0. The molecule has 1 unspecified atom stereocenters. The lowest BCUT2D eigenvalue weighted by Gasteiger charge is -2.18. The van der Waals surface area contributed by atoms with E-state index in [9.17, 15) is 14.4 Å². The highest BCUT2D eigenvalue weighted by atomic mass is 16.6. The second-order valence-corrected chi connectivity index (χ2v) is 20.3. The van der Waals surface area contributed by atoms with Crippen LogP contribution in [0.2, 0.25) is 0 Å². The second-order valence-electron chi connectivity index (χ2n) is 20.3. The molecule has 0 fully saturated rings. The van der Waals surface area contributed by atoms with Crippen LogP contribution in [0.15, 0.2) is 72.9 Å². The van der Waals surface area contributed by atoms with Crippen molar-refractivity contribution in [2.75, 3.05) is 13.2 Å². The molecule has 0 N–H and O–H groups in total. The molecule has 0 saturated carbocycles. The molecular weight excluding hydrogens is 877 g/mol. The van der Waals surface area contributed by atoms with Crippen molar-refractivity contribution in [3.8, 4) is 0 Å². The second kappa shape index (κ2) is 59.4. The summed E-state index contributed by atoms with van der Waals surface area (Å²) in [6, 6.07) is 0. The summed E-state index contributed by atoms with van der Waals surface area (Å²) >= 11 is 0. The number of esters is 3. The molecule has 0 spiro atoms. The summed E-state index contributed by atoms with van der Waals surface area (Å²) in [4.78, 5) is 38.3. The Morgan fingerprint density at radius 1 is 0.310 bits per heavy atom. The van der Waals surface area contributed by atoms with Gasteiger partial charge in [-0.1, -0.05) is 273 Å². The standard InChI is InChI=1S/C65H114O6/c1-4-7-10-13-16-19-22-25-28-30-32-34-37-40-43-46-49-52-55-58-64(67)70-61-62(60-69-63(66)57-54-51-48-45-42-39-36-27-24-21-18-15-12-9-6-3)71-65(68)59-56-53-50-47-44-41-38-35-33-31-29-26-23-20-17-14-11-8-5-2/h7,10,16,18-19,21,24-25,27-28,32,34,62H,4-6,8-9,11-15,17,20,22-23,26,29-31,33,35-61H2,1-3H3/b10-7-,19-16-,21-18-,27-24-,28-25-,34-32-. The average Bonchev–Trinajstić information content (AvgIpc) is 3.37. The van der Waals surface area contributed by atoms with E-state index < -0.39 is 6.10 Å². The predicted molar refractivity (Wildman–Crippen MR) is 307 cm³/mol. The van der Waals surface area contributed by atoms with Crippen LogP contribution in [0, 0.1) is 0 Å². The first kappa shape index (κ1) is 67.8. The van der Waals surface area contributed by atoms with Crippen LogP contribution in [0.3, 0.4) is 0 Å². The minimum Gasteiger partial charge on any atom is -0.462 e. The number of carbonyl (C=O) groups excluding carboxylic acids is 3. The maximum atomic E-state index is 12.9. The zero-order chi connectivity index (χ0) is 51.4. The highest BCUT2D eigenvalue weighted by Crippen LogP contribution is 2.17. The molecule has 0 heterocycles. The largest absolute Gasteiger partial charge is 0.462 e. The Morgan fingerprint density at radius 3 is 0.972 bits per heavy atom. The Hall–Kier alpha value is -3.15. The third kappa shape index (κ3) is 57.6. The molecule has 0 aromatic carbocycles. The summed E-state index contributed by atoms with van der Waals surface area (Å²) in [5.41, 5.74) is 0. The van der Waals surface area contributed by atoms with Crippen LogP contribution < -0.4 is 0 Å². The summed E-state index contributed by atoms with van der Waals surface area (Å²) in [7, 11) is 0. The van der Waals surface area contributed by atoms with E-state index in [1.807, 2.05) is 0 Å². The molecule has 0 aliphatic rings. The van der Waals surface area contributed by atoms with Gasteiger partial charge >= 0.3 is 17.9 Å². The fourth-order valence-electron chi connectivity index (χ4n) is 8.66. The third-order valence-corrected chi connectivity index (χ3v) is 13.2. The van der Waals surface area contributed by atoms with Gasteiger partial charge in [-0.15, -0.1) is 0 Å². The van der Waals surface area contributed by atoms with Gasteiger partial charge in [0.1, 0.15) is 13.2 Å². The molecular formula is C65H114O6. The Morgan fingerprint density at radius 2 is 0.592 bits per heavy atom. The van der Waals surface area contributed by atoms with Gasteiger partial charge in [0.15, 0.2) is 6.10 Å². The van der Waals surface area contributed by atoms with E-state index in [0.29, 0.717) is 19.3 Å². The number of rotatable bonds is 55. The molecule has 0 bridgehead atoms. The Bertz CT molecular complexity index is 1320. The minimum absolute atomic E-state index is 0.0839. The predicted octanol–water partition coefficient (Wildman–Crippen LogP) is 20.5. The van der Waals surface area contributed by atoms with Crippen molar-refractivity contribution in [1.29, 1.82) is 0 Å². The van der Waals surface area contributed by atoms with Crippen LogP contribution in [0.25, 0.3) is 0 Å². The van der Waals surface area contributed by atoms with Crippen LogP contribution in [0.4, 0.5) is 0 Å². The molecule has 0 aliphatic carbocycles. The van der Waals surface area contributed by atoms with E-state index in [1.165, 1.54) is 167 Å². The van der Waals surface area contributed by atoms with Crippen LogP contribution in [-0.2, 0) is 28.6 Å². The first-order chi connectivity index (χ1) is 35.0. The summed E-state index contributed by atoms with van der Waals surface area (Å²) in [5.74, 6) is -0.894. The molecule has 71 heavy (non-hydrogen) atoms. The van der Waals surface area contributed by atoms with Crippen molar-refractivity contribution in [3.05, 3.63) is 72.9 Å². The molecule has 0 radical (unpaired) electrons. The average molecular weight is 992 g/mol. The number of carbonyl (C=O) groups is 3. The first-order valence-corrected chi connectivity index (χ1v) is 30.5. The topological polar surface area (TPSA) is 78.9 Å². The fraction of sp³-hybridized carbons (Fsp3) is 0.769. The molecule has 0 aliphatic heterocycles. The van der Waals surface area contributed by atoms with E-state index in [2.05, 4.69) is 93.7 Å². The lowest BCUT2D eigenvalue weighted by molar-refractivity contribution is -0.167. The van der Waals surface area contributed by atoms with Gasteiger partial charge in [0.25, 0.3) is 0 Å². The molecule has 6 nitrogen and oxygen atoms in total. The minimum atomic E-state index is -0.786. The Balaban J connectivity index is 4.39. The maximum Gasteiger partial charge on any atom is 0.306 e. The highest BCUT2D eigenvalue weighted by Gasteiger charge is 2.19. The molecule has 0 saturated heterocycles. The van der Waals surface area contributed by atoms with Gasteiger partial charge in [-0.2, -0.15) is 0 Å². The maximum absolute atomic E-state index is 12.9. The van der Waals surface area contributed by atoms with Gasteiger partial charge in [-0.05, 0) is 83.5 Å². The highest BCUT2D eigenvalue weighted by molar-refractivity contribution is 5.71. The summed E-state index contributed by atoms with van der Waals surface area (Å²) in [6.07, 6.45) is 76.1. The summed E-state index contributed by atoms with van der Waals surface area (Å²) in [5, 5.41) is 0. The SMILES string of the molecule is CC/C=C\C/C=C\C/C=C\C/C=C\CCCCCCCCC(=O)OCC(COC(=O)CCCCCCCC/C=C\C=C/CCCCC)OC(=O)CCCCCCCCCCCCCCCCCCCCC. The number of ether oxygens (including phenoxy) is 3. The van der Waals surface area contributed by atoms with Crippen LogP contribution >= 0.6 is 0 Å². The van der Waals surface area contributed by atoms with Gasteiger partial charge in [-0.3, -0.25) is 14.4 Å². The summed E-state index contributed by atoms with van der Waals surface area (Å²) < 4.78 is 16.9. The van der Waals surface area contributed by atoms with Crippen molar-refractivity contribution >= 4 is 17.9 Å². The molecule has 0 aromatic rings. The van der Waals surface area contributed by atoms with Gasteiger partial charge in [0.2, 0.25) is 0 Å². The first-order valence-electron chi connectivity index (χ1n) is 30.5. The molecule has 0 amide bonds. The Kier molecular flexibility index (Phi) is 56.8. The van der Waals surface area contributed by atoms with Crippen molar-refractivity contribution in [3.63, 3.8) is 0 Å². The lowest BCUT2D eigenvalue weighted by Crippen LogP contribution is -2.30. The van der Waals surface area contributed by atoms with E-state index >= 15 is 0 Å². The van der Waals surface area contributed by atoms with Crippen molar-refractivity contribution < 1.29 is 28.6 Å². The van der Waals surface area contributed by atoms with Crippen LogP contribution in [0.5, 0.6) is 0 Å². The quantitative estimate of drug-likeness (QED) is 0.0199. The molecule has 6 heteroatoms. The number of hydrogen-bond donors (Lipinski definition) is 0. The fourth-order valence-corrected chi connectivity index (χ4v) is 8.66. The smallest absolute Gasteiger partial charge is 0.306 e. The molecule has 1 atom stereocenters. The number of hydrogen-bond acceptors (Lipinski definition) is 6. The van der Waals surface area contributed by atoms with Crippen molar-refractivity contribution in [2.45, 2.75) is 309 Å². The van der Waals surface area contributed by atoms with Gasteiger partial charge in [0.05, 0.1) is 0 Å². The lowest BCUT2D eigenvalue weighted by atomic mass is 10.0. The monoisotopic (exact) mass is 991 g/mol. The molecule has 0 aromatic heterocycles. The van der Waals surface area contributed by atoms with Crippen LogP contribution in [-0.4, -0.2) is 37.2 Å². The molecule has 410 valence electrons. The van der Waals surface area contributed by atoms with E-state index in [1.54, 1.807) is 0 Å². The van der Waals surface area contributed by atoms with E-state index in [4.69, 9.17) is 14.2 Å². The Labute approximate surface area is 440 Å². The summed E-state index contributed by atoms with van der Waals surface area (Å²) in [6.45, 7) is 6.51. The number of unbranched alkanes of at least 4 members (excludes halogenated alkanes) is 33. The van der Waals surface area contributed by atoms with Gasteiger partial charge in [-0.25, -0.2) is 0 Å². The van der Waals surface area contributed by atoms with Crippen molar-refractivity contribution in [2.24, 2.45) is 0 Å². The third-order valence-electron chi connectivity index (χ3n) is 13.2. The van der Waals surface area contributed by atoms with Gasteiger partial charge < -0.3 is 14.2 Å². The van der Waals surface area contributed by atoms with Crippen molar-refractivity contribution in [1.82, 2.24) is 0 Å². The molecule has 0 rings (SSSR count). The normalized spacial score (nSPS) is 12.5.